The smallest absolute Gasteiger partial charge is 0.323 e. The number of urea groups is 1. The number of hydrogen-bond acceptors (Lipinski definition) is 3. The summed E-state index contributed by atoms with van der Waals surface area (Å²) < 4.78 is 0. The number of likely N-dealkylation sites (tertiary alicyclic amines) is 1. The first-order chi connectivity index (χ1) is 8.97. The zero-order chi connectivity index (χ0) is 14.0. The Morgan fingerprint density at radius 2 is 2.26 bits per heavy atom. The quantitative estimate of drug-likeness (QED) is 0.861. The number of rotatable bonds is 2. The second-order valence-corrected chi connectivity index (χ2v) is 5.14. The highest BCUT2D eigenvalue weighted by molar-refractivity contribution is 6.30. The Labute approximate surface area is 115 Å². The maximum atomic E-state index is 12.1. The Morgan fingerprint density at radius 3 is 2.84 bits per heavy atom. The van der Waals surface area contributed by atoms with Crippen molar-refractivity contribution in [1.82, 2.24) is 9.88 Å². The highest BCUT2D eigenvalue weighted by Gasteiger charge is 2.36. The van der Waals surface area contributed by atoms with E-state index >= 15 is 0 Å². The number of amides is 3. The highest BCUT2D eigenvalue weighted by atomic mass is 35.5. The zero-order valence-corrected chi connectivity index (χ0v) is 11.2. The van der Waals surface area contributed by atoms with Crippen LogP contribution in [0.3, 0.4) is 0 Å². The molecule has 1 saturated heterocycles. The van der Waals surface area contributed by atoms with Crippen molar-refractivity contribution in [2.24, 2.45) is 11.7 Å². The third kappa shape index (κ3) is 3.14. The average molecular weight is 283 g/mol. The molecule has 0 aromatic carbocycles. The Bertz CT molecular complexity index is 491. The average Bonchev–Trinajstić information content (AvgIpc) is 2.74. The number of carbonyl (C=O) groups excluding carboxylic acids is 2. The summed E-state index contributed by atoms with van der Waals surface area (Å²) in [4.78, 5) is 28.8. The molecule has 3 N–H and O–H groups in total. The fourth-order valence-electron chi connectivity index (χ4n) is 2.17. The van der Waals surface area contributed by atoms with E-state index in [0.29, 0.717) is 23.8 Å². The molecule has 1 aromatic heterocycles. The lowest BCUT2D eigenvalue weighted by Gasteiger charge is -2.22. The molecule has 0 radical (unpaired) electrons. The van der Waals surface area contributed by atoms with Gasteiger partial charge in [0, 0.05) is 12.7 Å². The number of carbonyl (C=O) groups is 2. The lowest BCUT2D eigenvalue weighted by atomic mass is 10.1. The van der Waals surface area contributed by atoms with Crippen LogP contribution >= 0.6 is 11.6 Å². The molecule has 0 bridgehead atoms. The Kier molecular flexibility index (Phi) is 3.90. The van der Waals surface area contributed by atoms with Crippen LogP contribution in [0.25, 0.3) is 0 Å². The van der Waals surface area contributed by atoms with E-state index in [1.807, 2.05) is 6.92 Å². The number of aromatic nitrogens is 1. The van der Waals surface area contributed by atoms with Crippen molar-refractivity contribution in [2.75, 3.05) is 11.9 Å². The van der Waals surface area contributed by atoms with E-state index in [1.165, 1.54) is 11.1 Å². The van der Waals surface area contributed by atoms with Gasteiger partial charge in [-0.1, -0.05) is 18.5 Å². The number of anilines is 1. The third-order valence-electron chi connectivity index (χ3n) is 3.06. The predicted octanol–water partition coefficient (Wildman–Crippen LogP) is 1.46. The first-order valence-electron chi connectivity index (χ1n) is 5.96. The van der Waals surface area contributed by atoms with Crippen LogP contribution in [0.5, 0.6) is 0 Å². The fraction of sp³-hybridized carbons (Fsp3) is 0.417. The van der Waals surface area contributed by atoms with Crippen molar-refractivity contribution in [3.8, 4) is 0 Å². The Hall–Kier alpha value is -1.82. The molecule has 2 unspecified atom stereocenters. The van der Waals surface area contributed by atoms with Gasteiger partial charge in [0.25, 0.3) is 0 Å². The minimum Gasteiger partial charge on any atom is -0.368 e. The van der Waals surface area contributed by atoms with E-state index in [-0.39, 0.29) is 11.9 Å². The zero-order valence-electron chi connectivity index (χ0n) is 10.5. The van der Waals surface area contributed by atoms with Crippen molar-refractivity contribution < 1.29 is 9.59 Å². The second kappa shape index (κ2) is 5.44. The topological polar surface area (TPSA) is 88.3 Å². The van der Waals surface area contributed by atoms with Crippen molar-refractivity contribution >= 4 is 29.4 Å². The summed E-state index contributed by atoms with van der Waals surface area (Å²) in [5.74, 6) is 0.155. The van der Waals surface area contributed by atoms with Crippen LogP contribution in [-0.2, 0) is 4.79 Å². The molecule has 19 heavy (non-hydrogen) atoms. The molecule has 1 aromatic rings. The van der Waals surface area contributed by atoms with E-state index in [9.17, 15) is 9.59 Å². The van der Waals surface area contributed by atoms with Gasteiger partial charge in [0.05, 0.1) is 5.02 Å². The van der Waals surface area contributed by atoms with Gasteiger partial charge in [-0.05, 0) is 24.5 Å². The lowest BCUT2D eigenvalue weighted by Crippen LogP contribution is -2.45. The maximum Gasteiger partial charge on any atom is 0.323 e. The number of pyridine rings is 1. The molecular formula is C12H15ClN4O2. The van der Waals surface area contributed by atoms with E-state index in [1.54, 1.807) is 12.1 Å². The number of nitrogens with one attached hydrogen (secondary N) is 1. The van der Waals surface area contributed by atoms with E-state index < -0.39 is 11.9 Å². The molecule has 1 fully saturated rings. The summed E-state index contributed by atoms with van der Waals surface area (Å²) in [6.07, 6.45) is 2.03. The second-order valence-electron chi connectivity index (χ2n) is 4.70. The maximum absolute atomic E-state index is 12.1. The van der Waals surface area contributed by atoms with Gasteiger partial charge in [-0.25, -0.2) is 9.78 Å². The minimum absolute atomic E-state index is 0.251. The third-order valence-corrected chi connectivity index (χ3v) is 3.29. The summed E-state index contributed by atoms with van der Waals surface area (Å²) in [7, 11) is 0. The molecule has 2 heterocycles. The fourth-order valence-corrected chi connectivity index (χ4v) is 2.28. The van der Waals surface area contributed by atoms with Crippen LogP contribution in [0.15, 0.2) is 18.3 Å². The lowest BCUT2D eigenvalue weighted by molar-refractivity contribution is -0.121. The summed E-state index contributed by atoms with van der Waals surface area (Å²) >= 11 is 5.71. The first kappa shape index (κ1) is 13.6. The van der Waals surface area contributed by atoms with Gasteiger partial charge in [0.15, 0.2) is 0 Å². The molecule has 6 nitrogen and oxygen atoms in total. The molecule has 1 aliphatic heterocycles. The van der Waals surface area contributed by atoms with Crippen molar-refractivity contribution in [3.63, 3.8) is 0 Å². The summed E-state index contributed by atoms with van der Waals surface area (Å²) in [5, 5.41) is 3.11. The minimum atomic E-state index is -0.553. The van der Waals surface area contributed by atoms with Crippen molar-refractivity contribution in [2.45, 2.75) is 19.4 Å². The largest absolute Gasteiger partial charge is 0.368 e. The molecule has 3 amide bonds. The highest BCUT2D eigenvalue weighted by Crippen LogP contribution is 2.23. The number of halogens is 1. The Morgan fingerprint density at radius 1 is 1.53 bits per heavy atom. The standard InChI is InChI=1S/C12H15ClN4O2/c1-7-4-9(11(14)18)17(6-7)12(19)16-10-3-2-8(13)5-15-10/h2-3,5,7,9H,4,6H2,1H3,(H2,14,18)(H,15,16,19). The molecule has 7 heteroatoms. The number of primary amides is 1. The number of nitrogens with zero attached hydrogens (tertiary/aromatic N) is 2. The molecule has 2 atom stereocenters. The van der Waals surface area contributed by atoms with Crippen LogP contribution in [0.4, 0.5) is 10.6 Å². The molecule has 1 aliphatic rings. The van der Waals surface area contributed by atoms with Gasteiger partial charge >= 0.3 is 6.03 Å². The van der Waals surface area contributed by atoms with E-state index in [2.05, 4.69) is 10.3 Å². The SMILES string of the molecule is CC1CC(C(N)=O)N(C(=O)Nc2ccc(Cl)cn2)C1. The van der Waals surface area contributed by atoms with Gasteiger partial charge in [-0.15, -0.1) is 0 Å². The Balaban J connectivity index is 2.06. The molecule has 0 spiro atoms. The molecule has 0 saturated carbocycles. The van der Waals surface area contributed by atoms with Crippen LogP contribution in [-0.4, -0.2) is 34.4 Å². The monoisotopic (exact) mass is 282 g/mol. The normalized spacial score (nSPS) is 22.3. The van der Waals surface area contributed by atoms with Gasteiger partial charge in [-0.3, -0.25) is 10.1 Å². The number of hydrogen-bond donors (Lipinski definition) is 2. The summed E-state index contributed by atoms with van der Waals surface area (Å²) in [5.41, 5.74) is 5.31. The van der Waals surface area contributed by atoms with Crippen LogP contribution < -0.4 is 11.1 Å². The van der Waals surface area contributed by atoms with Gasteiger partial charge in [-0.2, -0.15) is 0 Å². The summed E-state index contributed by atoms with van der Waals surface area (Å²) in [6, 6.07) is 2.30. The molecular weight excluding hydrogens is 268 g/mol. The summed E-state index contributed by atoms with van der Waals surface area (Å²) in [6.45, 7) is 2.48. The number of nitrogens with two attached hydrogens (primary N) is 1. The first-order valence-corrected chi connectivity index (χ1v) is 6.33. The van der Waals surface area contributed by atoms with Crippen LogP contribution in [0, 0.1) is 5.92 Å². The van der Waals surface area contributed by atoms with Crippen molar-refractivity contribution in [1.29, 1.82) is 0 Å². The van der Waals surface area contributed by atoms with Crippen LogP contribution in [0.1, 0.15) is 13.3 Å². The molecule has 102 valence electrons. The van der Waals surface area contributed by atoms with Crippen molar-refractivity contribution in [3.05, 3.63) is 23.4 Å². The van der Waals surface area contributed by atoms with E-state index in [0.717, 1.165) is 0 Å². The molecule has 2 rings (SSSR count). The molecule has 0 aliphatic carbocycles. The van der Waals surface area contributed by atoms with Crippen LogP contribution in [0.2, 0.25) is 5.02 Å². The van der Waals surface area contributed by atoms with E-state index in [4.69, 9.17) is 17.3 Å². The van der Waals surface area contributed by atoms with Gasteiger partial charge in [0.1, 0.15) is 11.9 Å². The van der Waals surface area contributed by atoms with Gasteiger partial charge in [0.2, 0.25) is 5.91 Å². The predicted molar refractivity (Wildman–Crippen MR) is 71.7 cm³/mol. The van der Waals surface area contributed by atoms with Gasteiger partial charge < -0.3 is 10.6 Å².